The van der Waals surface area contributed by atoms with Gasteiger partial charge in [-0.15, -0.1) is 0 Å². The average molecular weight is 314 g/mol. The number of rotatable bonds is 4. The molecule has 0 spiro atoms. The molecule has 1 aliphatic rings. The highest BCUT2D eigenvalue weighted by Crippen LogP contribution is 2.35. The Labute approximate surface area is 134 Å². The second-order valence-electron chi connectivity index (χ2n) is 5.38. The van der Waals surface area contributed by atoms with Gasteiger partial charge in [-0.2, -0.15) is 0 Å². The van der Waals surface area contributed by atoms with Crippen LogP contribution in [0.3, 0.4) is 0 Å². The van der Waals surface area contributed by atoms with Crippen molar-refractivity contribution in [1.82, 2.24) is 10.3 Å². The Hall–Kier alpha value is -2.96. The van der Waals surface area contributed by atoms with Gasteiger partial charge in [0.1, 0.15) is 5.82 Å². The number of hydrogen-bond donors (Lipinski definition) is 3. The minimum absolute atomic E-state index is 0.0712. The van der Waals surface area contributed by atoms with Crippen molar-refractivity contribution in [3.05, 3.63) is 36.5 Å². The molecule has 7 heteroatoms. The summed E-state index contributed by atoms with van der Waals surface area (Å²) in [5.41, 5.74) is 1.67. The number of pyridine rings is 1. The summed E-state index contributed by atoms with van der Waals surface area (Å²) in [5, 5.41) is 8.63. The number of carbonyl (C=O) groups is 1. The number of amides is 2. The Balaban J connectivity index is 1.62. The van der Waals surface area contributed by atoms with Crippen LogP contribution in [-0.2, 0) is 0 Å². The zero-order valence-electron chi connectivity index (χ0n) is 12.9. The molecule has 0 atom stereocenters. The van der Waals surface area contributed by atoms with Crippen LogP contribution < -0.4 is 25.4 Å². The van der Waals surface area contributed by atoms with E-state index in [4.69, 9.17) is 9.47 Å². The molecule has 1 aromatic heterocycles. The molecule has 2 amide bonds. The highest BCUT2D eigenvalue weighted by Gasteiger charge is 2.13. The molecule has 120 valence electrons. The molecule has 0 bridgehead atoms. The second kappa shape index (κ2) is 6.43. The number of ether oxygens (including phenoxy) is 2. The second-order valence-corrected chi connectivity index (χ2v) is 5.38. The summed E-state index contributed by atoms with van der Waals surface area (Å²) in [4.78, 5) is 15.8. The molecule has 1 aromatic carbocycles. The zero-order valence-corrected chi connectivity index (χ0v) is 12.9. The Bertz CT molecular complexity index is 701. The Morgan fingerprint density at radius 3 is 2.65 bits per heavy atom. The standard InChI is InChI=1S/C16H18N4O3/c1-10(2)18-16(21)20-15-6-4-12(8-17-15)19-11-3-5-13-14(7-11)23-9-22-13/h3-8,10,19H,9H2,1-2H3,(H2,17,18,20,21). The lowest BCUT2D eigenvalue weighted by molar-refractivity contribution is 0.174. The monoisotopic (exact) mass is 314 g/mol. The maximum absolute atomic E-state index is 11.6. The lowest BCUT2D eigenvalue weighted by atomic mass is 10.2. The summed E-state index contributed by atoms with van der Waals surface area (Å²) in [5.74, 6) is 1.94. The van der Waals surface area contributed by atoms with E-state index in [1.165, 1.54) is 0 Å². The van der Waals surface area contributed by atoms with Crippen LogP contribution in [0.25, 0.3) is 0 Å². The van der Waals surface area contributed by atoms with E-state index in [1.54, 1.807) is 12.3 Å². The van der Waals surface area contributed by atoms with Gasteiger partial charge in [-0.25, -0.2) is 9.78 Å². The van der Waals surface area contributed by atoms with Gasteiger partial charge in [0.25, 0.3) is 0 Å². The predicted octanol–water partition coefficient (Wildman–Crippen LogP) is 3.08. The summed E-state index contributed by atoms with van der Waals surface area (Å²) in [6.07, 6.45) is 1.65. The molecule has 0 aliphatic carbocycles. The van der Waals surface area contributed by atoms with Gasteiger partial charge < -0.3 is 20.1 Å². The van der Waals surface area contributed by atoms with Gasteiger partial charge in [-0.1, -0.05) is 0 Å². The first-order chi connectivity index (χ1) is 11.1. The van der Waals surface area contributed by atoms with Crippen LogP contribution in [0.4, 0.5) is 22.0 Å². The SMILES string of the molecule is CC(C)NC(=O)Nc1ccc(Nc2ccc3c(c2)OCO3)cn1. The summed E-state index contributed by atoms with van der Waals surface area (Å²) in [6, 6.07) is 8.98. The van der Waals surface area contributed by atoms with Crippen molar-refractivity contribution >= 4 is 23.2 Å². The van der Waals surface area contributed by atoms with Crippen LogP contribution in [0, 0.1) is 0 Å². The van der Waals surface area contributed by atoms with Crippen LogP contribution in [-0.4, -0.2) is 23.8 Å². The molecule has 23 heavy (non-hydrogen) atoms. The minimum atomic E-state index is -0.274. The highest BCUT2D eigenvalue weighted by atomic mass is 16.7. The molecule has 0 unspecified atom stereocenters. The van der Waals surface area contributed by atoms with Gasteiger partial charge in [0.15, 0.2) is 11.5 Å². The molecule has 3 rings (SSSR count). The number of nitrogens with zero attached hydrogens (tertiary/aromatic N) is 1. The normalized spacial score (nSPS) is 12.1. The predicted molar refractivity (Wildman–Crippen MR) is 87.4 cm³/mol. The number of nitrogens with one attached hydrogen (secondary N) is 3. The lowest BCUT2D eigenvalue weighted by Crippen LogP contribution is -2.34. The summed E-state index contributed by atoms with van der Waals surface area (Å²) in [7, 11) is 0. The first-order valence-corrected chi connectivity index (χ1v) is 7.30. The van der Waals surface area contributed by atoms with E-state index >= 15 is 0 Å². The van der Waals surface area contributed by atoms with E-state index in [-0.39, 0.29) is 18.9 Å². The van der Waals surface area contributed by atoms with Crippen molar-refractivity contribution in [3.63, 3.8) is 0 Å². The molecule has 0 saturated carbocycles. The number of hydrogen-bond acceptors (Lipinski definition) is 5. The van der Waals surface area contributed by atoms with Crippen LogP contribution >= 0.6 is 0 Å². The van der Waals surface area contributed by atoms with Gasteiger partial charge in [0.05, 0.1) is 11.9 Å². The number of carbonyl (C=O) groups excluding carboxylic acids is 1. The number of aromatic nitrogens is 1. The summed E-state index contributed by atoms with van der Waals surface area (Å²) >= 11 is 0. The minimum Gasteiger partial charge on any atom is -0.454 e. The fourth-order valence-corrected chi connectivity index (χ4v) is 2.10. The van der Waals surface area contributed by atoms with E-state index in [9.17, 15) is 4.79 Å². The molecule has 1 aliphatic heterocycles. The van der Waals surface area contributed by atoms with Gasteiger partial charge >= 0.3 is 6.03 Å². The summed E-state index contributed by atoms with van der Waals surface area (Å²) < 4.78 is 10.6. The Morgan fingerprint density at radius 1 is 1.13 bits per heavy atom. The van der Waals surface area contributed by atoms with Gasteiger partial charge in [0, 0.05) is 17.8 Å². The Kier molecular flexibility index (Phi) is 4.18. The fraction of sp³-hybridized carbons (Fsp3) is 0.250. The van der Waals surface area contributed by atoms with Crippen molar-refractivity contribution in [1.29, 1.82) is 0 Å². The number of urea groups is 1. The topological polar surface area (TPSA) is 84.5 Å². The van der Waals surface area contributed by atoms with E-state index in [0.29, 0.717) is 11.6 Å². The summed E-state index contributed by atoms with van der Waals surface area (Å²) in [6.45, 7) is 4.04. The van der Waals surface area contributed by atoms with E-state index in [2.05, 4.69) is 20.9 Å². The van der Waals surface area contributed by atoms with Crippen molar-refractivity contribution < 1.29 is 14.3 Å². The lowest BCUT2D eigenvalue weighted by Gasteiger charge is -2.10. The highest BCUT2D eigenvalue weighted by molar-refractivity contribution is 5.88. The zero-order chi connectivity index (χ0) is 16.2. The molecule has 3 N–H and O–H groups in total. The third-order valence-electron chi connectivity index (χ3n) is 3.09. The van der Waals surface area contributed by atoms with E-state index < -0.39 is 0 Å². The maximum Gasteiger partial charge on any atom is 0.320 e. The molecule has 0 fully saturated rings. The van der Waals surface area contributed by atoms with Crippen molar-refractivity contribution in [2.45, 2.75) is 19.9 Å². The van der Waals surface area contributed by atoms with Crippen molar-refractivity contribution in [2.24, 2.45) is 0 Å². The van der Waals surface area contributed by atoms with E-state index in [0.717, 1.165) is 17.1 Å². The van der Waals surface area contributed by atoms with Crippen LogP contribution in [0.2, 0.25) is 0 Å². The quantitative estimate of drug-likeness (QED) is 0.807. The van der Waals surface area contributed by atoms with Crippen LogP contribution in [0.15, 0.2) is 36.5 Å². The first kappa shape index (κ1) is 15.0. The molecule has 7 nitrogen and oxygen atoms in total. The van der Waals surface area contributed by atoms with Crippen molar-refractivity contribution in [2.75, 3.05) is 17.4 Å². The smallest absolute Gasteiger partial charge is 0.320 e. The molecule has 0 saturated heterocycles. The largest absolute Gasteiger partial charge is 0.454 e. The van der Waals surface area contributed by atoms with Gasteiger partial charge in [-0.05, 0) is 38.1 Å². The fourth-order valence-electron chi connectivity index (χ4n) is 2.10. The maximum atomic E-state index is 11.6. The average Bonchev–Trinajstić information content (AvgIpc) is 2.96. The van der Waals surface area contributed by atoms with E-state index in [1.807, 2.05) is 38.1 Å². The molecule has 2 heterocycles. The number of fused-ring (bicyclic) bond motifs is 1. The Morgan fingerprint density at radius 2 is 1.91 bits per heavy atom. The number of anilines is 3. The van der Waals surface area contributed by atoms with Crippen LogP contribution in [0.5, 0.6) is 11.5 Å². The van der Waals surface area contributed by atoms with Gasteiger partial charge in [0.2, 0.25) is 6.79 Å². The molecular weight excluding hydrogens is 296 g/mol. The third kappa shape index (κ3) is 3.82. The number of benzene rings is 1. The van der Waals surface area contributed by atoms with Crippen molar-refractivity contribution in [3.8, 4) is 11.5 Å². The van der Waals surface area contributed by atoms with Gasteiger partial charge in [-0.3, -0.25) is 5.32 Å². The first-order valence-electron chi connectivity index (χ1n) is 7.30. The molecule has 0 radical (unpaired) electrons. The molecule has 2 aromatic rings. The molecular formula is C16H18N4O3. The van der Waals surface area contributed by atoms with Crippen LogP contribution in [0.1, 0.15) is 13.8 Å². The third-order valence-corrected chi connectivity index (χ3v) is 3.09.